The van der Waals surface area contributed by atoms with Crippen molar-refractivity contribution in [1.29, 1.82) is 0 Å². The van der Waals surface area contributed by atoms with Gasteiger partial charge in [0.05, 0.1) is 0 Å². The van der Waals surface area contributed by atoms with Crippen molar-refractivity contribution < 1.29 is 0 Å². The fourth-order valence-electron chi connectivity index (χ4n) is 1.81. The zero-order valence-electron chi connectivity index (χ0n) is 7.14. The summed E-state index contributed by atoms with van der Waals surface area (Å²) in [5.41, 5.74) is 9.73. The van der Waals surface area contributed by atoms with E-state index in [-0.39, 0.29) is 0 Å². The lowest BCUT2D eigenvalue weighted by Gasteiger charge is -2.05. The number of hydrogen-bond donors (Lipinski definition) is 2. The smallest absolute Gasteiger partial charge is 0.0376 e. The molecule has 0 spiro atoms. The van der Waals surface area contributed by atoms with E-state index in [4.69, 9.17) is 5.73 Å². The van der Waals surface area contributed by atoms with Crippen molar-refractivity contribution in [3.8, 4) is 0 Å². The summed E-state index contributed by atoms with van der Waals surface area (Å²) in [5.74, 6) is 0. The van der Waals surface area contributed by atoms with Gasteiger partial charge in [0.2, 0.25) is 0 Å². The monoisotopic (exact) mass is 162 g/mol. The molecule has 0 aromatic heterocycles. The van der Waals surface area contributed by atoms with Gasteiger partial charge >= 0.3 is 0 Å². The maximum absolute atomic E-state index is 5.53. The third kappa shape index (κ3) is 1.18. The average molecular weight is 162 g/mol. The number of fused-ring (bicyclic) bond motifs is 1. The Labute approximate surface area is 72.8 Å². The van der Waals surface area contributed by atoms with Crippen LogP contribution in [0.2, 0.25) is 0 Å². The van der Waals surface area contributed by atoms with Gasteiger partial charge in [-0.2, -0.15) is 0 Å². The molecular formula is C10H14N2. The third-order valence-corrected chi connectivity index (χ3v) is 2.38. The highest BCUT2D eigenvalue weighted by molar-refractivity contribution is 5.58. The van der Waals surface area contributed by atoms with Crippen molar-refractivity contribution in [2.75, 3.05) is 18.4 Å². The van der Waals surface area contributed by atoms with Crippen LogP contribution in [0.15, 0.2) is 18.2 Å². The minimum atomic E-state index is 0.746. The molecule has 0 atom stereocenters. The van der Waals surface area contributed by atoms with Gasteiger partial charge < -0.3 is 11.1 Å². The lowest BCUT2D eigenvalue weighted by Crippen LogP contribution is -2.04. The van der Waals surface area contributed by atoms with Crippen molar-refractivity contribution in [2.24, 2.45) is 5.73 Å². The van der Waals surface area contributed by atoms with Crippen LogP contribution >= 0.6 is 0 Å². The van der Waals surface area contributed by atoms with Crippen molar-refractivity contribution in [3.63, 3.8) is 0 Å². The lowest BCUT2D eigenvalue weighted by atomic mass is 10.0. The van der Waals surface area contributed by atoms with Crippen LogP contribution < -0.4 is 11.1 Å². The highest BCUT2D eigenvalue weighted by Crippen LogP contribution is 2.25. The normalized spacial score (nSPS) is 14.1. The minimum absolute atomic E-state index is 0.746. The quantitative estimate of drug-likeness (QED) is 0.684. The van der Waals surface area contributed by atoms with Crippen LogP contribution in [0.3, 0.4) is 0 Å². The van der Waals surface area contributed by atoms with Crippen LogP contribution in [0.25, 0.3) is 0 Å². The molecule has 0 bridgehead atoms. The van der Waals surface area contributed by atoms with Crippen LogP contribution in [0.5, 0.6) is 0 Å². The Morgan fingerprint density at radius 2 is 2.33 bits per heavy atom. The van der Waals surface area contributed by atoms with Crippen LogP contribution in [0, 0.1) is 0 Å². The molecule has 0 radical (unpaired) electrons. The van der Waals surface area contributed by atoms with Crippen LogP contribution in [-0.4, -0.2) is 13.1 Å². The van der Waals surface area contributed by atoms with Crippen LogP contribution in [0.1, 0.15) is 11.1 Å². The zero-order chi connectivity index (χ0) is 8.39. The predicted octanol–water partition coefficient (Wildman–Crippen LogP) is 1.16. The van der Waals surface area contributed by atoms with Crippen molar-refractivity contribution in [1.82, 2.24) is 0 Å². The summed E-state index contributed by atoms with van der Waals surface area (Å²) in [5, 5.41) is 3.36. The van der Waals surface area contributed by atoms with Crippen molar-refractivity contribution in [2.45, 2.75) is 12.8 Å². The van der Waals surface area contributed by atoms with Crippen LogP contribution in [0.4, 0.5) is 5.69 Å². The second-order valence-electron chi connectivity index (χ2n) is 3.16. The SMILES string of the molecule is NCCc1cccc2c1CCN2. The second kappa shape index (κ2) is 3.15. The van der Waals surface area contributed by atoms with E-state index >= 15 is 0 Å². The standard InChI is InChI=1S/C10H14N2/c11-6-4-8-2-1-3-10-9(8)5-7-12-10/h1-3,12H,4-7,11H2. The molecule has 1 aliphatic rings. The third-order valence-electron chi connectivity index (χ3n) is 2.38. The molecule has 12 heavy (non-hydrogen) atoms. The molecule has 0 amide bonds. The number of rotatable bonds is 2. The Morgan fingerprint density at radius 1 is 1.42 bits per heavy atom. The fraction of sp³-hybridized carbons (Fsp3) is 0.400. The van der Waals surface area contributed by atoms with Gasteiger partial charge in [-0.1, -0.05) is 12.1 Å². The van der Waals surface area contributed by atoms with E-state index in [1.165, 1.54) is 16.8 Å². The number of anilines is 1. The number of hydrogen-bond acceptors (Lipinski definition) is 2. The van der Waals surface area contributed by atoms with Crippen molar-refractivity contribution in [3.05, 3.63) is 29.3 Å². The van der Waals surface area contributed by atoms with Gasteiger partial charge in [-0.15, -0.1) is 0 Å². The fourth-order valence-corrected chi connectivity index (χ4v) is 1.81. The lowest BCUT2D eigenvalue weighted by molar-refractivity contribution is 0.945. The summed E-state index contributed by atoms with van der Waals surface area (Å²) in [6, 6.07) is 6.42. The molecule has 1 aliphatic heterocycles. The van der Waals surface area contributed by atoms with E-state index in [1.54, 1.807) is 0 Å². The molecule has 2 heteroatoms. The van der Waals surface area contributed by atoms with E-state index in [2.05, 4.69) is 23.5 Å². The van der Waals surface area contributed by atoms with E-state index in [0.29, 0.717) is 0 Å². The van der Waals surface area contributed by atoms with Gasteiger partial charge in [-0.3, -0.25) is 0 Å². The van der Waals surface area contributed by atoms with Crippen molar-refractivity contribution >= 4 is 5.69 Å². The highest BCUT2D eigenvalue weighted by atomic mass is 14.9. The molecule has 1 heterocycles. The molecule has 1 aromatic rings. The number of nitrogens with one attached hydrogen (secondary N) is 1. The van der Waals surface area contributed by atoms with E-state index in [9.17, 15) is 0 Å². The zero-order valence-corrected chi connectivity index (χ0v) is 7.14. The van der Waals surface area contributed by atoms with Gasteiger partial charge in [0, 0.05) is 12.2 Å². The Bertz CT molecular complexity index is 281. The molecule has 64 valence electrons. The average Bonchev–Trinajstić information content (AvgIpc) is 2.53. The topological polar surface area (TPSA) is 38.0 Å². The minimum Gasteiger partial charge on any atom is -0.384 e. The largest absolute Gasteiger partial charge is 0.384 e. The first kappa shape index (κ1) is 7.62. The molecule has 2 rings (SSSR count). The first-order valence-corrected chi connectivity index (χ1v) is 4.46. The highest BCUT2D eigenvalue weighted by Gasteiger charge is 2.12. The molecule has 0 aliphatic carbocycles. The molecule has 0 saturated carbocycles. The maximum atomic E-state index is 5.53. The first-order chi connectivity index (χ1) is 5.92. The first-order valence-electron chi connectivity index (χ1n) is 4.46. The molecule has 1 aromatic carbocycles. The molecule has 0 fully saturated rings. The molecule has 3 N–H and O–H groups in total. The Morgan fingerprint density at radius 3 is 3.17 bits per heavy atom. The van der Waals surface area contributed by atoms with E-state index in [1.807, 2.05) is 0 Å². The molecule has 0 unspecified atom stereocenters. The summed E-state index contributed by atoms with van der Waals surface area (Å²) in [4.78, 5) is 0. The van der Waals surface area contributed by atoms with Gasteiger partial charge in [-0.05, 0) is 36.6 Å². The number of nitrogens with two attached hydrogens (primary N) is 1. The Balaban J connectivity index is 2.36. The molecular weight excluding hydrogens is 148 g/mol. The van der Waals surface area contributed by atoms with Gasteiger partial charge in [0.15, 0.2) is 0 Å². The second-order valence-corrected chi connectivity index (χ2v) is 3.16. The predicted molar refractivity (Wildman–Crippen MR) is 51.4 cm³/mol. The van der Waals surface area contributed by atoms with E-state index in [0.717, 1.165) is 25.9 Å². The van der Waals surface area contributed by atoms with Gasteiger partial charge in [-0.25, -0.2) is 0 Å². The number of benzene rings is 1. The Kier molecular flexibility index (Phi) is 2.00. The summed E-state index contributed by atoms with van der Waals surface area (Å²) in [6.45, 7) is 1.83. The Hall–Kier alpha value is -1.02. The van der Waals surface area contributed by atoms with Gasteiger partial charge in [0.1, 0.15) is 0 Å². The summed E-state index contributed by atoms with van der Waals surface area (Å²) < 4.78 is 0. The molecule has 2 nitrogen and oxygen atoms in total. The van der Waals surface area contributed by atoms with Gasteiger partial charge in [0.25, 0.3) is 0 Å². The summed E-state index contributed by atoms with van der Waals surface area (Å²) in [6.07, 6.45) is 2.16. The van der Waals surface area contributed by atoms with Crippen LogP contribution in [-0.2, 0) is 12.8 Å². The summed E-state index contributed by atoms with van der Waals surface area (Å²) in [7, 11) is 0. The molecule has 0 saturated heterocycles. The maximum Gasteiger partial charge on any atom is 0.0376 e. The summed E-state index contributed by atoms with van der Waals surface area (Å²) >= 11 is 0. The van der Waals surface area contributed by atoms with E-state index < -0.39 is 0 Å².